The molecular formula is C17H17N5S2. The molecule has 0 aliphatic heterocycles. The van der Waals surface area contributed by atoms with Crippen molar-refractivity contribution in [3.63, 3.8) is 0 Å². The summed E-state index contributed by atoms with van der Waals surface area (Å²) in [6, 6.07) is 8.55. The van der Waals surface area contributed by atoms with E-state index in [0.717, 1.165) is 29.3 Å². The van der Waals surface area contributed by atoms with Gasteiger partial charge >= 0.3 is 0 Å². The lowest BCUT2D eigenvalue weighted by atomic mass is 10.1. The zero-order chi connectivity index (χ0) is 16.5. The smallest absolute Gasteiger partial charge is 0.186 e. The van der Waals surface area contributed by atoms with E-state index in [1.807, 2.05) is 28.1 Å². The summed E-state index contributed by atoms with van der Waals surface area (Å²) in [6.07, 6.45) is 0.999. The van der Waals surface area contributed by atoms with Crippen LogP contribution in [0.1, 0.15) is 12.5 Å². The number of rotatable bonds is 5. The molecule has 122 valence electrons. The normalized spacial score (nSPS) is 12.6. The van der Waals surface area contributed by atoms with Crippen LogP contribution >= 0.6 is 22.7 Å². The standard InChI is InChI=1S/C17H17N5S2/c1-12(9-13-5-7-23-10-13)21(2)16-4-3-15-18-19-17(22(15)20-16)14-6-8-24-11-14/h3-8,10-12H,9H2,1-2H3. The molecule has 0 bridgehead atoms. The quantitative estimate of drug-likeness (QED) is 0.543. The number of aromatic nitrogens is 4. The van der Waals surface area contributed by atoms with Gasteiger partial charge in [0, 0.05) is 24.0 Å². The van der Waals surface area contributed by atoms with E-state index >= 15 is 0 Å². The van der Waals surface area contributed by atoms with Gasteiger partial charge in [-0.15, -0.1) is 15.3 Å². The Hall–Kier alpha value is -2.25. The highest BCUT2D eigenvalue weighted by molar-refractivity contribution is 7.08. The Morgan fingerprint density at radius 3 is 2.67 bits per heavy atom. The van der Waals surface area contributed by atoms with Crippen LogP contribution in [-0.2, 0) is 6.42 Å². The first-order valence-corrected chi connectivity index (χ1v) is 9.60. The zero-order valence-electron chi connectivity index (χ0n) is 13.5. The monoisotopic (exact) mass is 355 g/mol. The first-order chi connectivity index (χ1) is 11.7. The first kappa shape index (κ1) is 15.3. The third-order valence-corrected chi connectivity index (χ3v) is 5.58. The van der Waals surface area contributed by atoms with Crippen LogP contribution in [0.4, 0.5) is 5.82 Å². The molecule has 1 atom stereocenters. The van der Waals surface area contributed by atoms with Crippen LogP contribution in [0.2, 0.25) is 0 Å². The predicted octanol–water partition coefficient (Wildman–Crippen LogP) is 3.98. The molecule has 4 heterocycles. The van der Waals surface area contributed by atoms with E-state index in [2.05, 4.69) is 51.3 Å². The Kier molecular flexibility index (Phi) is 4.03. The fourth-order valence-electron chi connectivity index (χ4n) is 2.65. The molecule has 24 heavy (non-hydrogen) atoms. The van der Waals surface area contributed by atoms with Gasteiger partial charge in [-0.3, -0.25) is 0 Å². The minimum atomic E-state index is 0.352. The molecule has 0 saturated carbocycles. The van der Waals surface area contributed by atoms with Crippen LogP contribution in [0.25, 0.3) is 17.0 Å². The molecule has 0 N–H and O–H groups in total. The van der Waals surface area contributed by atoms with Gasteiger partial charge in [-0.1, -0.05) is 0 Å². The van der Waals surface area contributed by atoms with Gasteiger partial charge in [0.2, 0.25) is 0 Å². The van der Waals surface area contributed by atoms with Crippen LogP contribution in [0.5, 0.6) is 0 Å². The van der Waals surface area contributed by atoms with Gasteiger partial charge in [-0.25, -0.2) is 0 Å². The molecule has 0 aliphatic rings. The summed E-state index contributed by atoms with van der Waals surface area (Å²) in [5.74, 6) is 1.70. The van der Waals surface area contributed by atoms with Gasteiger partial charge in [-0.2, -0.15) is 27.2 Å². The minimum absolute atomic E-state index is 0.352. The summed E-state index contributed by atoms with van der Waals surface area (Å²) in [4.78, 5) is 2.20. The molecular weight excluding hydrogens is 338 g/mol. The van der Waals surface area contributed by atoms with E-state index in [1.165, 1.54) is 5.56 Å². The second-order valence-electron chi connectivity index (χ2n) is 5.79. The molecule has 0 radical (unpaired) electrons. The molecule has 0 aliphatic carbocycles. The highest BCUT2D eigenvalue weighted by Gasteiger charge is 2.15. The van der Waals surface area contributed by atoms with Gasteiger partial charge in [0.1, 0.15) is 5.82 Å². The summed E-state index contributed by atoms with van der Waals surface area (Å²) >= 11 is 3.38. The third kappa shape index (κ3) is 2.81. The maximum atomic E-state index is 4.77. The number of fused-ring (bicyclic) bond motifs is 1. The molecule has 1 unspecified atom stereocenters. The highest BCUT2D eigenvalue weighted by atomic mass is 32.1. The Morgan fingerprint density at radius 1 is 1.08 bits per heavy atom. The van der Waals surface area contributed by atoms with Crippen molar-refractivity contribution in [3.8, 4) is 11.4 Å². The SMILES string of the molecule is CC(Cc1ccsc1)N(C)c1ccc2nnc(-c3ccsc3)n2n1. The van der Waals surface area contributed by atoms with Gasteiger partial charge in [-0.05, 0) is 59.3 Å². The van der Waals surface area contributed by atoms with E-state index in [1.54, 1.807) is 22.7 Å². The number of hydrogen-bond acceptors (Lipinski definition) is 6. The van der Waals surface area contributed by atoms with Crippen LogP contribution in [0.15, 0.2) is 45.8 Å². The van der Waals surface area contributed by atoms with Crippen molar-refractivity contribution in [2.45, 2.75) is 19.4 Å². The van der Waals surface area contributed by atoms with Crippen molar-refractivity contribution in [1.82, 2.24) is 19.8 Å². The number of thiophene rings is 2. The van der Waals surface area contributed by atoms with Crippen LogP contribution < -0.4 is 4.90 Å². The second kappa shape index (κ2) is 6.33. The summed E-state index contributed by atoms with van der Waals surface area (Å²) in [5, 5.41) is 21.7. The first-order valence-electron chi connectivity index (χ1n) is 7.71. The Bertz CT molecular complexity index is 927. The van der Waals surface area contributed by atoms with E-state index in [0.29, 0.717) is 6.04 Å². The van der Waals surface area contributed by atoms with Gasteiger partial charge in [0.15, 0.2) is 11.5 Å². The summed E-state index contributed by atoms with van der Waals surface area (Å²) in [7, 11) is 2.08. The third-order valence-electron chi connectivity index (χ3n) is 4.16. The molecule has 4 aromatic heterocycles. The molecule has 4 aromatic rings. The summed E-state index contributed by atoms with van der Waals surface area (Å²) in [6.45, 7) is 2.22. The molecule has 5 nitrogen and oxygen atoms in total. The maximum absolute atomic E-state index is 4.77. The van der Waals surface area contributed by atoms with Gasteiger partial charge in [0.25, 0.3) is 0 Å². The maximum Gasteiger partial charge on any atom is 0.186 e. The van der Waals surface area contributed by atoms with Crippen molar-refractivity contribution < 1.29 is 0 Å². The van der Waals surface area contributed by atoms with Gasteiger partial charge < -0.3 is 4.90 Å². The van der Waals surface area contributed by atoms with Crippen molar-refractivity contribution in [2.24, 2.45) is 0 Å². The van der Waals surface area contributed by atoms with Crippen LogP contribution in [0.3, 0.4) is 0 Å². The summed E-state index contributed by atoms with van der Waals surface area (Å²) < 4.78 is 1.82. The Balaban J connectivity index is 1.65. The Labute approximate surface area is 148 Å². The average molecular weight is 355 g/mol. The van der Waals surface area contributed by atoms with Crippen molar-refractivity contribution in [1.29, 1.82) is 0 Å². The average Bonchev–Trinajstić information content (AvgIpc) is 3.34. The van der Waals surface area contributed by atoms with Crippen molar-refractivity contribution in [3.05, 3.63) is 51.3 Å². The van der Waals surface area contributed by atoms with E-state index in [-0.39, 0.29) is 0 Å². The topological polar surface area (TPSA) is 46.3 Å². The van der Waals surface area contributed by atoms with E-state index in [9.17, 15) is 0 Å². The summed E-state index contributed by atoms with van der Waals surface area (Å²) in [5.41, 5.74) is 3.17. The molecule has 4 rings (SSSR count). The number of anilines is 1. The fourth-order valence-corrected chi connectivity index (χ4v) is 3.97. The number of nitrogens with zero attached hydrogens (tertiary/aromatic N) is 5. The highest BCUT2D eigenvalue weighted by Crippen LogP contribution is 2.22. The lowest BCUT2D eigenvalue weighted by Crippen LogP contribution is -2.31. The molecule has 7 heteroatoms. The number of likely N-dealkylation sites (N-methyl/N-ethyl adjacent to an activating group) is 1. The van der Waals surface area contributed by atoms with Crippen molar-refractivity contribution in [2.75, 3.05) is 11.9 Å². The Morgan fingerprint density at radius 2 is 1.92 bits per heavy atom. The molecule has 0 fully saturated rings. The second-order valence-corrected chi connectivity index (χ2v) is 7.35. The van der Waals surface area contributed by atoms with E-state index < -0.39 is 0 Å². The van der Waals surface area contributed by atoms with Gasteiger partial charge in [0.05, 0.1) is 0 Å². The van der Waals surface area contributed by atoms with E-state index in [4.69, 9.17) is 5.10 Å². The largest absolute Gasteiger partial charge is 0.355 e. The minimum Gasteiger partial charge on any atom is -0.355 e. The molecule has 0 spiro atoms. The predicted molar refractivity (Wildman–Crippen MR) is 100.0 cm³/mol. The molecule has 0 amide bonds. The van der Waals surface area contributed by atoms with Crippen LogP contribution in [0, 0.1) is 0 Å². The zero-order valence-corrected chi connectivity index (χ0v) is 15.1. The molecule has 0 saturated heterocycles. The number of hydrogen-bond donors (Lipinski definition) is 0. The lowest BCUT2D eigenvalue weighted by molar-refractivity contribution is 0.668. The molecule has 0 aromatic carbocycles. The van der Waals surface area contributed by atoms with Crippen molar-refractivity contribution >= 4 is 34.1 Å². The van der Waals surface area contributed by atoms with Crippen LogP contribution in [-0.4, -0.2) is 32.9 Å². The lowest BCUT2D eigenvalue weighted by Gasteiger charge is -2.25. The fraction of sp³-hybridized carbons (Fsp3) is 0.235.